The first-order chi connectivity index (χ1) is 18.3. The molecular formula is C31H51NO5SSi2. The van der Waals surface area contributed by atoms with Gasteiger partial charge in [0, 0.05) is 12.1 Å². The summed E-state index contributed by atoms with van der Waals surface area (Å²) in [5.74, 6) is 2.76. The summed E-state index contributed by atoms with van der Waals surface area (Å²) in [4.78, 5) is 0.262. The zero-order valence-corrected chi connectivity index (χ0v) is 29.3. The molecule has 0 aromatic heterocycles. The van der Waals surface area contributed by atoms with Crippen LogP contribution in [0.15, 0.2) is 47.4 Å². The maximum absolute atomic E-state index is 13.0. The molecular weight excluding hydrogens is 555 g/mol. The van der Waals surface area contributed by atoms with Gasteiger partial charge in [0.2, 0.25) is 26.7 Å². The minimum atomic E-state index is -3.59. The summed E-state index contributed by atoms with van der Waals surface area (Å²) in [6, 6.07) is 12.9. The standard InChI is InChI=1S/C31H51NO5SSi2/c1-30(2,3)39(8,9)36-26-18-21-28(29(22-26)37-40(10,11)31(4,5)6)23-12-14-24(15-13-23)32-38(33,34)27-19-16-25(35-7)17-20-27/h16-24,32H,12-15H2,1-11H3/t23-,24+. The number of ether oxygens (including phenoxy) is 1. The summed E-state index contributed by atoms with van der Waals surface area (Å²) in [5, 5.41) is 0.168. The molecule has 0 atom stereocenters. The molecule has 2 aromatic rings. The highest BCUT2D eigenvalue weighted by Crippen LogP contribution is 2.45. The Morgan fingerprint density at radius 3 is 1.75 bits per heavy atom. The molecule has 0 bridgehead atoms. The van der Waals surface area contributed by atoms with Crippen molar-refractivity contribution in [2.45, 2.75) is 120 Å². The van der Waals surface area contributed by atoms with Crippen LogP contribution in [-0.2, 0) is 10.0 Å². The molecule has 1 fully saturated rings. The first-order valence-electron chi connectivity index (χ1n) is 14.4. The second-order valence-corrected chi connectivity index (χ2v) is 25.4. The molecule has 0 radical (unpaired) electrons. The van der Waals surface area contributed by atoms with Gasteiger partial charge in [-0.1, -0.05) is 47.6 Å². The van der Waals surface area contributed by atoms with Crippen LogP contribution in [0.1, 0.15) is 78.7 Å². The van der Waals surface area contributed by atoms with Gasteiger partial charge in [-0.25, -0.2) is 13.1 Å². The van der Waals surface area contributed by atoms with Crippen molar-refractivity contribution >= 4 is 26.7 Å². The highest BCUT2D eigenvalue weighted by atomic mass is 32.2. The molecule has 1 aliphatic carbocycles. The Hall–Kier alpha value is -1.82. The molecule has 40 heavy (non-hydrogen) atoms. The average Bonchev–Trinajstić information content (AvgIpc) is 2.83. The second kappa shape index (κ2) is 11.8. The molecule has 0 aliphatic heterocycles. The lowest BCUT2D eigenvalue weighted by Crippen LogP contribution is -2.44. The van der Waals surface area contributed by atoms with E-state index < -0.39 is 26.7 Å². The van der Waals surface area contributed by atoms with E-state index in [-0.39, 0.29) is 21.0 Å². The van der Waals surface area contributed by atoms with Gasteiger partial charge in [0.1, 0.15) is 17.2 Å². The Morgan fingerprint density at radius 1 is 0.750 bits per heavy atom. The van der Waals surface area contributed by atoms with Crippen LogP contribution in [0.5, 0.6) is 17.2 Å². The van der Waals surface area contributed by atoms with Crippen molar-refractivity contribution in [1.82, 2.24) is 4.72 Å². The van der Waals surface area contributed by atoms with Crippen LogP contribution in [0.25, 0.3) is 0 Å². The van der Waals surface area contributed by atoms with Gasteiger partial charge in [-0.15, -0.1) is 0 Å². The molecule has 9 heteroatoms. The second-order valence-electron chi connectivity index (χ2n) is 14.3. The third kappa shape index (κ3) is 7.72. The Balaban J connectivity index is 1.81. The van der Waals surface area contributed by atoms with Crippen molar-refractivity contribution in [2.75, 3.05) is 7.11 Å². The fourth-order valence-electron chi connectivity index (χ4n) is 4.44. The number of benzene rings is 2. The largest absolute Gasteiger partial charge is 0.543 e. The van der Waals surface area contributed by atoms with Crippen molar-refractivity contribution < 1.29 is 22.0 Å². The highest BCUT2D eigenvalue weighted by molar-refractivity contribution is 7.89. The Kier molecular flexibility index (Phi) is 9.66. The molecule has 1 saturated carbocycles. The molecule has 1 N–H and O–H groups in total. The van der Waals surface area contributed by atoms with E-state index >= 15 is 0 Å². The number of nitrogens with one attached hydrogen (secondary N) is 1. The maximum atomic E-state index is 13.0. The highest BCUT2D eigenvalue weighted by Gasteiger charge is 2.41. The monoisotopic (exact) mass is 605 g/mol. The quantitative estimate of drug-likeness (QED) is 0.290. The fraction of sp³-hybridized carbons (Fsp3) is 0.613. The molecule has 3 rings (SSSR count). The van der Waals surface area contributed by atoms with Crippen molar-refractivity contribution in [3.05, 3.63) is 48.0 Å². The van der Waals surface area contributed by atoms with Crippen LogP contribution in [0, 0.1) is 0 Å². The van der Waals surface area contributed by atoms with E-state index in [0.29, 0.717) is 11.7 Å². The van der Waals surface area contributed by atoms with E-state index in [1.807, 2.05) is 0 Å². The van der Waals surface area contributed by atoms with E-state index in [4.69, 9.17) is 13.6 Å². The van der Waals surface area contributed by atoms with Crippen LogP contribution in [0.3, 0.4) is 0 Å². The van der Waals surface area contributed by atoms with Crippen molar-refractivity contribution in [1.29, 1.82) is 0 Å². The van der Waals surface area contributed by atoms with Gasteiger partial charge in [-0.2, -0.15) is 0 Å². The Labute approximate surface area is 245 Å². The molecule has 0 spiro atoms. The van der Waals surface area contributed by atoms with Gasteiger partial charge in [0.15, 0.2) is 0 Å². The number of sulfonamides is 1. The number of hydrogen-bond acceptors (Lipinski definition) is 5. The van der Waals surface area contributed by atoms with E-state index in [1.54, 1.807) is 31.4 Å². The molecule has 0 heterocycles. The zero-order valence-electron chi connectivity index (χ0n) is 26.5. The third-order valence-electron chi connectivity index (χ3n) is 9.19. The van der Waals surface area contributed by atoms with Crippen LogP contribution in [0.4, 0.5) is 0 Å². The lowest BCUT2D eigenvalue weighted by Gasteiger charge is -2.39. The Bertz CT molecular complexity index is 1250. The molecule has 0 unspecified atom stereocenters. The maximum Gasteiger partial charge on any atom is 0.250 e. The summed E-state index contributed by atoms with van der Waals surface area (Å²) in [7, 11) is -6.12. The van der Waals surface area contributed by atoms with E-state index in [0.717, 1.165) is 37.2 Å². The van der Waals surface area contributed by atoms with Gasteiger partial charge in [0.25, 0.3) is 0 Å². The SMILES string of the molecule is COc1ccc(S(=O)(=O)N[C@H]2CC[C@@H](c3ccc(O[Si](C)(C)C(C)(C)C)cc3O[Si](C)(C)C(C)(C)C)CC2)cc1. The molecule has 0 amide bonds. The number of methoxy groups -OCH3 is 1. The molecule has 0 saturated heterocycles. The van der Waals surface area contributed by atoms with Gasteiger partial charge in [-0.3, -0.25) is 0 Å². The number of rotatable bonds is 9. The smallest absolute Gasteiger partial charge is 0.250 e. The van der Waals surface area contributed by atoms with E-state index in [1.165, 1.54) is 5.56 Å². The van der Waals surface area contributed by atoms with Crippen molar-refractivity contribution in [2.24, 2.45) is 0 Å². The average molecular weight is 606 g/mol. The first kappa shape index (κ1) is 32.7. The summed E-state index contributed by atoms with van der Waals surface area (Å²) >= 11 is 0. The van der Waals surface area contributed by atoms with E-state index in [2.05, 4.69) is 90.7 Å². The topological polar surface area (TPSA) is 73.9 Å². The fourth-order valence-corrected chi connectivity index (χ4v) is 7.80. The van der Waals surface area contributed by atoms with Crippen LogP contribution in [-0.4, -0.2) is 38.2 Å². The van der Waals surface area contributed by atoms with Gasteiger partial charge in [0.05, 0.1) is 12.0 Å². The van der Waals surface area contributed by atoms with Gasteiger partial charge < -0.3 is 13.6 Å². The Morgan fingerprint density at radius 2 is 1.25 bits per heavy atom. The van der Waals surface area contributed by atoms with Gasteiger partial charge >= 0.3 is 0 Å². The lowest BCUT2D eigenvalue weighted by atomic mass is 9.81. The molecule has 224 valence electrons. The minimum absolute atomic E-state index is 0.0674. The van der Waals surface area contributed by atoms with E-state index in [9.17, 15) is 8.42 Å². The lowest BCUT2D eigenvalue weighted by molar-refractivity contribution is 0.367. The predicted molar refractivity (Wildman–Crippen MR) is 170 cm³/mol. The number of hydrogen-bond donors (Lipinski definition) is 1. The summed E-state index contributed by atoms with van der Waals surface area (Å²) in [6.45, 7) is 22.6. The van der Waals surface area contributed by atoms with Crippen LogP contribution < -0.4 is 18.3 Å². The van der Waals surface area contributed by atoms with Crippen molar-refractivity contribution in [3.8, 4) is 17.2 Å². The minimum Gasteiger partial charge on any atom is -0.543 e. The molecule has 1 aliphatic rings. The zero-order chi connectivity index (χ0) is 30.1. The predicted octanol–water partition coefficient (Wildman–Crippen LogP) is 8.47. The summed E-state index contributed by atoms with van der Waals surface area (Å²) < 4.78 is 47.7. The van der Waals surface area contributed by atoms with Crippen LogP contribution in [0.2, 0.25) is 36.3 Å². The summed E-state index contributed by atoms with van der Waals surface area (Å²) in [6.07, 6.45) is 3.35. The van der Waals surface area contributed by atoms with Gasteiger partial charge in [-0.05, 0) is 104 Å². The normalized spacial score (nSPS) is 19.3. The van der Waals surface area contributed by atoms with Crippen LogP contribution >= 0.6 is 0 Å². The molecule has 2 aromatic carbocycles. The van der Waals surface area contributed by atoms with Crippen molar-refractivity contribution in [3.63, 3.8) is 0 Å². The first-order valence-corrected chi connectivity index (χ1v) is 21.7. The summed E-state index contributed by atoms with van der Waals surface area (Å²) in [5.41, 5.74) is 1.21. The molecule has 6 nitrogen and oxygen atoms in total. The third-order valence-corrected chi connectivity index (χ3v) is 19.4.